The molecule has 0 amide bonds. The number of benzene rings is 1. The minimum absolute atomic E-state index is 0.579. The molecule has 1 aromatic heterocycles. The van der Waals surface area contributed by atoms with E-state index in [2.05, 4.69) is 18.0 Å². The molecule has 15 heavy (non-hydrogen) atoms. The predicted molar refractivity (Wildman–Crippen MR) is 61.1 cm³/mol. The van der Waals surface area contributed by atoms with Crippen LogP contribution in [0.4, 0.5) is 0 Å². The molecule has 2 aromatic rings. The number of hydrogen-bond acceptors (Lipinski definition) is 2. The van der Waals surface area contributed by atoms with Gasteiger partial charge in [-0.25, -0.2) is 4.98 Å². The molecule has 0 aliphatic rings. The van der Waals surface area contributed by atoms with Gasteiger partial charge in [-0.3, -0.25) is 4.79 Å². The van der Waals surface area contributed by atoms with Crippen LogP contribution in [0.15, 0.2) is 30.3 Å². The van der Waals surface area contributed by atoms with Gasteiger partial charge in [0.05, 0.1) is 5.52 Å². The average molecular weight is 199 g/mol. The molecule has 0 atom stereocenters. The summed E-state index contributed by atoms with van der Waals surface area (Å²) in [5.74, 6) is 0. The lowest BCUT2D eigenvalue weighted by Crippen LogP contribution is -1.96. The molecular weight excluding hydrogens is 186 g/mol. The molecular formula is C13H13NO. The fourth-order valence-corrected chi connectivity index (χ4v) is 1.75. The van der Waals surface area contributed by atoms with Gasteiger partial charge in [-0.2, -0.15) is 0 Å². The van der Waals surface area contributed by atoms with Crippen LogP contribution < -0.4 is 0 Å². The highest BCUT2D eigenvalue weighted by Gasteiger charge is 2.04. The van der Waals surface area contributed by atoms with E-state index >= 15 is 0 Å². The Morgan fingerprint density at radius 1 is 1.33 bits per heavy atom. The molecule has 0 fully saturated rings. The first-order valence-electron chi connectivity index (χ1n) is 5.19. The largest absolute Gasteiger partial charge is 0.296 e. The smallest absolute Gasteiger partial charge is 0.168 e. The lowest BCUT2D eigenvalue weighted by molar-refractivity contribution is 0.111. The fraction of sp³-hybridized carbons (Fsp3) is 0.231. The number of fused-ring (bicyclic) bond motifs is 1. The van der Waals surface area contributed by atoms with Crippen molar-refractivity contribution in [3.05, 3.63) is 41.6 Å². The highest BCUT2D eigenvalue weighted by molar-refractivity contribution is 5.85. The standard InChI is InChI=1S/C13H13NO/c1-2-5-10-8-11-6-3-4-7-12(11)14-13(10)9-15/h3-4,6-9H,2,5H2,1H3. The minimum Gasteiger partial charge on any atom is -0.296 e. The summed E-state index contributed by atoms with van der Waals surface area (Å²) in [4.78, 5) is 15.2. The molecule has 2 rings (SSSR count). The number of carbonyl (C=O) groups is 1. The summed E-state index contributed by atoms with van der Waals surface area (Å²) in [6.45, 7) is 2.10. The van der Waals surface area contributed by atoms with E-state index in [1.54, 1.807) is 0 Å². The first-order valence-corrected chi connectivity index (χ1v) is 5.19. The van der Waals surface area contributed by atoms with Crippen molar-refractivity contribution in [3.63, 3.8) is 0 Å². The van der Waals surface area contributed by atoms with E-state index in [0.29, 0.717) is 5.69 Å². The Labute approximate surface area is 89.0 Å². The Bertz CT molecular complexity index is 491. The Balaban J connectivity index is 2.63. The highest BCUT2D eigenvalue weighted by atomic mass is 16.1. The summed E-state index contributed by atoms with van der Waals surface area (Å²) in [6, 6.07) is 9.94. The van der Waals surface area contributed by atoms with Crippen molar-refractivity contribution in [1.29, 1.82) is 0 Å². The molecule has 0 saturated heterocycles. The average Bonchev–Trinajstić information content (AvgIpc) is 2.28. The van der Waals surface area contributed by atoms with Crippen LogP contribution in [0, 0.1) is 0 Å². The summed E-state index contributed by atoms with van der Waals surface area (Å²) in [5.41, 5.74) is 2.52. The van der Waals surface area contributed by atoms with Gasteiger partial charge >= 0.3 is 0 Å². The molecule has 2 nitrogen and oxygen atoms in total. The van der Waals surface area contributed by atoms with Gasteiger partial charge in [-0.05, 0) is 24.1 Å². The number of hydrogen-bond donors (Lipinski definition) is 0. The van der Waals surface area contributed by atoms with Crippen molar-refractivity contribution in [2.75, 3.05) is 0 Å². The number of carbonyl (C=O) groups excluding carboxylic acids is 1. The molecule has 0 bridgehead atoms. The summed E-state index contributed by atoms with van der Waals surface area (Å²) in [6.07, 6.45) is 2.78. The zero-order valence-electron chi connectivity index (χ0n) is 8.73. The summed E-state index contributed by atoms with van der Waals surface area (Å²) in [7, 11) is 0. The lowest BCUT2D eigenvalue weighted by Gasteiger charge is -2.04. The van der Waals surface area contributed by atoms with Gasteiger partial charge in [0.2, 0.25) is 0 Å². The van der Waals surface area contributed by atoms with E-state index in [4.69, 9.17) is 0 Å². The Hall–Kier alpha value is -1.70. The summed E-state index contributed by atoms with van der Waals surface area (Å²) < 4.78 is 0. The van der Waals surface area contributed by atoms with E-state index in [1.165, 1.54) is 0 Å². The Morgan fingerprint density at radius 3 is 2.87 bits per heavy atom. The van der Waals surface area contributed by atoms with Crippen LogP contribution in [-0.2, 0) is 6.42 Å². The normalized spacial score (nSPS) is 10.5. The van der Waals surface area contributed by atoms with Gasteiger partial charge < -0.3 is 0 Å². The van der Waals surface area contributed by atoms with E-state index in [1.807, 2.05) is 24.3 Å². The Kier molecular flexibility index (Phi) is 2.77. The molecule has 0 spiro atoms. The molecule has 1 aromatic carbocycles. The van der Waals surface area contributed by atoms with E-state index in [-0.39, 0.29) is 0 Å². The van der Waals surface area contributed by atoms with Crippen molar-refractivity contribution in [3.8, 4) is 0 Å². The van der Waals surface area contributed by atoms with Crippen molar-refractivity contribution in [2.24, 2.45) is 0 Å². The number of aryl methyl sites for hydroxylation is 1. The zero-order chi connectivity index (χ0) is 10.7. The summed E-state index contributed by atoms with van der Waals surface area (Å²) in [5, 5.41) is 1.10. The fourth-order valence-electron chi connectivity index (χ4n) is 1.75. The number of pyridine rings is 1. The van der Waals surface area contributed by atoms with Gasteiger partial charge in [0.15, 0.2) is 6.29 Å². The van der Waals surface area contributed by atoms with Gasteiger partial charge in [0, 0.05) is 5.39 Å². The second-order valence-corrected chi connectivity index (χ2v) is 3.59. The summed E-state index contributed by atoms with van der Waals surface area (Å²) >= 11 is 0. The van der Waals surface area contributed by atoms with Crippen LogP contribution in [0.25, 0.3) is 10.9 Å². The second kappa shape index (κ2) is 4.22. The maximum absolute atomic E-state index is 10.9. The number of para-hydroxylation sites is 1. The molecule has 0 aliphatic carbocycles. The van der Waals surface area contributed by atoms with E-state index in [9.17, 15) is 4.79 Å². The zero-order valence-corrected chi connectivity index (χ0v) is 8.73. The number of nitrogens with zero attached hydrogens (tertiary/aromatic N) is 1. The predicted octanol–water partition coefficient (Wildman–Crippen LogP) is 3.00. The molecule has 0 unspecified atom stereocenters. The van der Waals surface area contributed by atoms with Crippen molar-refractivity contribution in [2.45, 2.75) is 19.8 Å². The third-order valence-electron chi connectivity index (χ3n) is 2.47. The third-order valence-corrected chi connectivity index (χ3v) is 2.47. The van der Waals surface area contributed by atoms with Crippen LogP contribution >= 0.6 is 0 Å². The third kappa shape index (κ3) is 1.89. The van der Waals surface area contributed by atoms with Gasteiger partial charge in [-0.15, -0.1) is 0 Å². The van der Waals surface area contributed by atoms with Crippen molar-refractivity contribution in [1.82, 2.24) is 4.98 Å². The van der Waals surface area contributed by atoms with Gasteiger partial charge in [0.1, 0.15) is 5.69 Å². The van der Waals surface area contributed by atoms with E-state index in [0.717, 1.165) is 35.6 Å². The van der Waals surface area contributed by atoms with E-state index < -0.39 is 0 Å². The van der Waals surface area contributed by atoms with Crippen molar-refractivity contribution < 1.29 is 4.79 Å². The van der Waals surface area contributed by atoms with Crippen LogP contribution in [0.3, 0.4) is 0 Å². The van der Waals surface area contributed by atoms with Crippen molar-refractivity contribution >= 4 is 17.2 Å². The minimum atomic E-state index is 0.579. The molecule has 0 radical (unpaired) electrons. The molecule has 0 aliphatic heterocycles. The number of rotatable bonds is 3. The molecule has 2 heteroatoms. The van der Waals surface area contributed by atoms with Crippen LogP contribution in [-0.4, -0.2) is 11.3 Å². The SMILES string of the molecule is CCCc1cc2ccccc2nc1C=O. The first kappa shape index (κ1) is 9.84. The lowest BCUT2D eigenvalue weighted by atomic mass is 10.1. The second-order valence-electron chi connectivity index (χ2n) is 3.59. The first-order chi connectivity index (χ1) is 7.35. The maximum atomic E-state index is 10.9. The molecule has 76 valence electrons. The maximum Gasteiger partial charge on any atom is 0.168 e. The van der Waals surface area contributed by atoms with Gasteiger partial charge in [-0.1, -0.05) is 31.5 Å². The number of aldehydes is 1. The number of aromatic nitrogens is 1. The van der Waals surface area contributed by atoms with Crippen LogP contribution in [0.1, 0.15) is 29.4 Å². The quantitative estimate of drug-likeness (QED) is 0.711. The van der Waals surface area contributed by atoms with Crippen LogP contribution in [0.2, 0.25) is 0 Å². The molecule has 0 saturated carbocycles. The monoisotopic (exact) mass is 199 g/mol. The van der Waals surface area contributed by atoms with Crippen LogP contribution in [0.5, 0.6) is 0 Å². The Morgan fingerprint density at radius 2 is 2.13 bits per heavy atom. The van der Waals surface area contributed by atoms with Gasteiger partial charge in [0.25, 0.3) is 0 Å². The topological polar surface area (TPSA) is 30.0 Å². The highest BCUT2D eigenvalue weighted by Crippen LogP contribution is 2.16. The molecule has 0 N–H and O–H groups in total. The molecule has 1 heterocycles.